The predicted molar refractivity (Wildman–Crippen MR) is 129 cm³/mol. The topological polar surface area (TPSA) is 92.8 Å². The van der Waals surface area contributed by atoms with Gasteiger partial charge in [-0.15, -0.1) is 0 Å². The monoisotopic (exact) mass is 791 g/mol. The van der Waals surface area contributed by atoms with Crippen LogP contribution in [0, 0.1) is 14.3 Å². The number of carboxylic acids is 1. The van der Waals surface area contributed by atoms with Crippen molar-refractivity contribution in [3.63, 3.8) is 0 Å². The van der Waals surface area contributed by atoms with Crippen LogP contribution in [0.3, 0.4) is 0 Å². The Labute approximate surface area is 199 Å². The van der Waals surface area contributed by atoms with Crippen LogP contribution in [0.1, 0.15) is 11.1 Å². The first kappa shape index (κ1) is 21.7. The quantitative estimate of drug-likeness (QED) is 0.379. The summed E-state index contributed by atoms with van der Waals surface area (Å²) in [7, 11) is 0. The van der Waals surface area contributed by atoms with Crippen molar-refractivity contribution >= 4 is 96.3 Å². The van der Waals surface area contributed by atoms with E-state index >= 15 is 0 Å². The number of aliphatic carboxylic acids is 1. The molecule has 0 fully saturated rings. The van der Waals surface area contributed by atoms with Gasteiger partial charge in [0.25, 0.3) is 0 Å². The van der Waals surface area contributed by atoms with Crippen LogP contribution in [-0.4, -0.2) is 22.2 Å². The molecule has 0 heterocycles. The summed E-state index contributed by atoms with van der Waals surface area (Å²) in [6.45, 7) is 0.381. The number of phenolic OH excluding ortho intramolecular Hbond substituents is 1. The normalized spacial score (nSPS) is 12.0. The molecule has 0 aliphatic carbocycles. The van der Waals surface area contributed by atoms with Gasteiger partial charge in [0.2, 0.25) is 0 Å². The smallest absolute Gasteiger partial charge is 0.320 e. The molecule has 2 rings (SSSR count). The SMILES string of the molecule is N[C@@H](Cc1cc(I)c(OCc2cc(I)c(O)c(I)c2)c(I)c1)C(=O)O. The zero-order valence-electron chi connectivity index (χ0n) is 12.6. The number of phenols is 1. The lowest BCUT2D eigenvalue weighted by molar-refractivity contribution is -0.138. The Hall–Kier alpha value is 0.390. The number of hydrogen-bond donors (Lipinski definition) is 3. The van der Waals surface area contributed by atoms with E-state index in [0.29, 0.717) is 6.61 Å². The van der Waals surface area contributed by atoms with Crippen molar-refractivity contribution in [2.24, 2.45) is 5.73 Å². The van der Waals surface area contributed by atoms with E-state index in [4.69, 9.17) is 15.6 Å². The van der Waals surface area contributed by atoms with Gasteiger partial charge in [0.1, 0.15) is 24.1 Å². The summed E-state index contributed by atoms with van der Waals surface area (Å²) in [6, 6.07) is 6.64. The Kier molecular flexibility index (Phi) is 8.28. The Balaban J connectivity index is 2.16. The third-order valence-corrected chi connectivity index (χ3v) is 6.54. The molecule has 9 heteroatoms. The van der Waals surface area contributed by atoms with Gasteiger partial charge in [0.05, 0.1) is 14.3 Å². The minimum atomic E-state index is -1.01. The molecule has 0 bridgehead atoms. The van der Waals surface area contributed by atoms with Gasteiger partial charge in [0, 0.05) is 0 Å². The van der Waals surface area contributed by atoms with Crippen molar-refractivity contribution in [2.45, 2.75) is 19.1 Å². The number of carbonyl (C=O) groups is 1. The number of carboxylic acid groups (broad SMARTS) is 1. The van der Waals surface area contributed by atoms with E-state index < -0.39 is 12.0 Å². The van der Waals surface area contributed by atoms with Gasteiger partial charge >= 0.3 is 5.97 Å². The summed E-state index contributed by atoms with van der Waals surface area (Å²) >= 11 is 8.53. The summed E-state index contributed by atoms with van der Waals surface area (Å²) < 4.78 is 9.33. The molecule has 25 heavy (non-hydrogen) atoms. The number of nitrogens with two attached hydrogens (primary N) is 1. The molecule has 1 atom stereocenters. The van der Waals surface area contributed by atoms with E-state index in [1.807, 2.05) is 24.3 Å². The highest BCUT2D eigenvalue weighted by molar-refractivity contribution is 14.1. The van der Waals surface area contributed by atoms with Gasteiger partial charge < -0.3 is 20.7 Å². The highest BCUT2D eigenvalue weighted by Gasteiger charge is 2.16. The molecule has 2 aromatic rings. The Morgan fingerprint density at radius 1 is 1.00 bits per heavy atom. The summed E-state index contributed by atoms with van der Waals surface area (Å²) in [6.07, 6.45) is 0.274. The molecule has 0 spiro atoms. The first-order valence-corrected chi connectivity index (χ1v) is 11.3. The lowest BCUT2D eigenvalue weighted by Gasteiger charge is -2.14. The van der Waals surface area contributed by atoms with Gasteiger partial charge in [-0.25, -0.2) is 0 Å². The zero-order valence-corrected chi connectivity index (χ0v) is 21.2. The van der Waals surface area contributed by atoms with Gasteiger partial charge in [-0.1, -0.05) is 0 Å². The Morgan fingerprint density at radius 3 is 1.96 bits per heavy atom. The fourth-order valence-electron chi connectivity index (χ4n) is 2.07. The van der Waals surface area contributed by atoms with Crippen LogP contribution >= 0.6 is 90.4 Å². The fourth-order valence-corrected chi connectivity index (χ4v) is 6.17. The van der Waals surface area contributed by atoms with E-state index in [2.05, 4.69) is 90.4 Å². The van der Waals surface area contributed by atoms with Crippen molar-refractivity contribution in [3.05, 3.63) is 49.7 Å². The van der Waals surface area contributed by atoms with Crippen LogP contribution in [-0.2, 0) is 17.8 Å². The Bertz CT molecular complexity index is 767. The largest absolute Gasteiger partial charge is 0.506 e. The van der Waals surface area contributed by atoms with Crippen LogP contribution in [0.4, 0.5) is 0 Å². The van der Waals surface area contributed by atoms with E-state index in [1.165, 1.54) is 0 Å². The van der Waals surface area contributed by atoms with E-state index in [-0.39, 0.29) is 12.2 Å². The molecular formula is C16H13I4NO4. The first-order valence-electron chi connectivity index (χ1n) is 6.95. The summed E-state index contributed by atoms with van der Waals surface area (Å²) in [5, 5.41) is 18.8. The first-order chi connectivity index (χ1) is 11.7. The van der Waals surface area contributed by atoms with Gasteiger partial charge in [-0.3, -0.25) is 4.79 Å². The molecule has 0 saturated carbocycles. The number of hydrogen-bond acceptors (Lipinski definition) is 4. The maximum atomic E-state index is 10.9. The fraction of sp³-hybridized carbons (Fsp3) is 0.188. The average molecular weight is 791 g/mol. The van der Waals surface area contributed by atoms with E-state index in [9.17, 15) is 9.90 Å². The molecule has 4 N–H and O–H groups in total. The lowest BCUT2D eigenvalue weighted by atomic mass is 10.1. The van der Waals surface area contributed by atoms with Gasteiger partial charge in [-0.05, 0) is 132 Å². The van der Waals surface area contributed by atoms with E-state index in [0.717, 1.165) is 31.2 Å². The second-order valence-electron chi connectivity index (χ2n) is 5.23. The molecular weight excluding hydrogens is 778 g/mol. The predicted octanol–water partition coefficient (Wildman–Crippen LogP) is 4.34. The lowest BCUT2D eigenvalue weighted by Crippen LogP contribution is -2.32. The molecule has 0 aromatic heterocycles. The van der Waals surface area contributed by atoms with Gasteiger partial charge in [-0.2, -0.15) is 0 Å². The summed E-state index contributed by atoms with van der Waals surface area (Å²) in [4.78, 5) is 10.9. The second kappa shape index (κ2) is 9.54. The molecule has 0 saturated heterocycles. The van der Waals surface area contributed by atoms with Crippen molar-refractivity contribution in [1.29, 1.82) is 0 Å². The van der Waals surface area contributed by atoms with Crippen molar-refractivity contribution in [2.75, 3.05) is 0 Å². The van der Waals surface area contributed by atoms with Crippen LogP contribution in [0.2, 0.25) is 0 Å². The minimum Gasteiger partial charge on any atom is -0.506 e. The maximum Gasteiger partial charge on any atom is 0.320 e. The third-order valence-electron chi connectivity index (χ3n) is 3.29. The molecule has 2 aromatic carbocycles. The molecule has 0 amide bonds. The third kappa shape index (κ3) is 5.93. The van der Waals surface area contributed by atoms with E-state index in [1.54, 1.807) is 0 Å². The number of ether oxygens (including phenoxy) is 1. The van der Waals surface area contributed by atoms with Crippen molar-refractivity contribution in [1.82, 2.24) is 0 Å². The minimum absolute atomic E-state index is 0.274. The maximum absolute atomic E-state index is 10.9. The molecule has 0 radical (unpaired) electrons. The number of halogens is 4. The standard InChI is InChI=1S/C16H13I4NO4/c17-9-3-8(4-10(18)14(9)22)6-25-15-11(19)1-7(2-12(15)20)5-13(21)16(23)24/h1-4,13,22H,5-6,21H2,(H,23,24)/t13-/m0/s1. The molecule has 134 valence electrons. The zero-order chi connectivity index (χ0) is 18.7. The number of aromatic hydroxyl groups is 1. The summed E-state index contributed by atoms with van der Waals surface area (Å²) in [5.41, 5.74) is 7.44. The van der Waals surface area contributed by atoms with Crippen LogP contribution < -0.4 is 10.5 Å². The van der Waals surface area contributed by atoms with Crippen molar-refractivity contribution in [3.8, 4) is 11.5 Å². The average Bonchev–Trinajstić information content (AvgIpc) is 2.51. The highest BCUT2D eigenvalue weighted by Crippen LogP contribution is 2.31. The molecule has 0 aliphatic heterocycles. The number of rotatable bonds is 6. The molecule has 0 unspecified atom stereocenters. The Morgan fingerprint density at radius 2 is 1.48 bits per heavy atom. The van der Waals surface area contributed by atoms with Crippen LogP contribution in [0.5, 0.6) is 11.5 Å². The van der Waals surface area contributed by atoms with Crippen LogP contribution in [0.25, 0.3) is 0 Å². The van der Waals surface area contributed by atoms with Gasteiger partial charge in [0.15, 0.2) is 0 Å². The highest BCUT2D eigenvalue weighted by atomic mass is 127. The second-order valence-corrected chi connectivity index (χ2v) is 9.88. The summed E-state index contributed by atoms with van der Waals surface area (Å²) in [5.74, 6) is 0.0297. The van der Waals surface area contributed by atoms with Crippen molar-refractivity contribution < 1.29 is 19.7 Å². The molecule has 5 nitrogen and oxygen atoms in total. The van der Waals surface area contributed by atoms with Crippen LogP contribution in [0.15, 0.2) is 24.3 Å². The number of benzene rings is 2. The molecule has 0 aliphatic rings.